The van der Waals surface area contributed by atoms with Gasteiger partial charge in [-0.2, -0.15) is 0 Å². The van der Waals surface area contributed by atoms with Crippen molar-refractivity contribution in [2.45, 2.75) is 19.8 Å². The Morgan fingerprint density at radius 2 is 1.93 bits per heavy atom. The first-order valence-corrected chi connectivity index (χ1v) is 9.02. The summed E-state index contributed by atoms with van der Waals surface area (Å²) in [6.07, 6.45) is 1.13. The predicted molar refractivity (Wildman–Crippen MR) is 104 cm³/mol. The smallest absolute Gasteiger partial charge is 0.274 e. The lowest BCUT2D eigenvalue weighted by Crippen LogP contribution is -2.27. The third-order valence-corrected chi connectivity index (χ3v) is 5.06. The maximum atomic E-state index is 14.0. The first-order valence-electron chi connectivity index (χ1n) is 9.02. The highest BCUT2D eigenvalue weighted by atomic mass is 19.1. The Bertz CT molecular complexity index is 1120. The van der Waals surface area contributed by atoms with Crippen LogP contribution >= 0.6 is 0 Å². The monoisotopic (exact) mass is 383 g/mol. The molecule has 7 heteroatoms. The van der Waals surface area contributed by atoms with Gasteiger partial charge in [-0.25, -0.2) is 8.78 Å². The van der Waals surface area contributed by atoms with Gasteiger partial charge in [0.05, 0.1) is 16.9 Å². The highest BCUT2D eigenvalue weighted by Gasteiger charge is 2.31. The summed E-state index contributed by atoms with van der Waals surface area (Å²) >= 11 is 0. The van der Waals surface area contributed by atoms with Crippen LogP contribution in [0.3, 0.4) is 0 Å². The number of aryl methyl sites for hydroxylation is 2. The van der Waals surface area contributed by atoms with E-state index in [1.54, 1.807) is 16.5 Å². The van der Waals surface area contributed by atoms with Crippen molar-refractivity contribution in [2.75, 3.05) is 16.8 Å². The topological polar surface area (TPSA) is 54.3 Å². The number of hydrogen-bond donors (Lipinski definition) is 1. The van der Waals surface area contributed by atoms with E-state index in [4.69, 9.17) is 0 Å². The summed E-state index contributed by atoms with van der Waals surface area (Å²) in [5.74, 6) is -2.04. The molecule has 2 heterocycles. The molecule has 0 atom stereocenters. The van der Waals surface area contributed by atoms with Crippen LogP contribution < -0.4 is 10.2 Å². The number of carbonyl (C=O) groups is 2. The molecule has 1 fully saturated rings. The average Bonchev–Trinajstić information content (AvgIpc) is 3.18. The number of hydrogen-bond acceptors (Lipinski definition) is 2. The van der Waals surface area contributed by atoms with Gasteiger partial charge in [0.25, 0.3) is 5.91 Å². The SMILES string of the molecule is Cc1ccc2c(c1)c(N1CCCC1=O)c(C(=O)Nc1cc(F)ccc1F)n2C. The van der Waals surface area contributed by atoms with E-state index in [9.17, 15) is 18.4 Å². The fourth-order valence-corrected chi connectivity index (χ4v) is 3.73. The van der Waals surface area contributed by atoms with Gasteiger partial charge in [-0.1, -0.05) is 11.6 Å². The van der Waals surface area contributed by atoms with E-state index in [1.165, 1.54) is 0 Å². The van der Waals surface area contributed by atoms with E-state index < -0.39 is 17.5 Å². The van der Waals surface area contributed by atoms with Crippen molar-refractivity contribution < 1.29 is 18.4 Å². The lowest BCUT2D eigenvalue weighted by atomic mass is 10.1. The zero-order valence-electron chi connectivity index (χ0n) is 15.6. The van der Waals surface area contributed by atoms with Crippen LogP contribution in [0.15, 0.2) is 36.4 Å². The summed E-state index contributed by atoms with van der Waals surface area (Å²) in [4.78, 5) is 27.1. The van der Waals surface area contributed by atoms with Crippen molar-refractivity contribution in [3.05, 3.63) is 59.3 Å². The molecule has 144 valence electrons. The van der Waals surface area contributed by atoms with Crippen LogP contribution in [0.2, 0.25) is 0 Å². The van der Waals surface area contributed by atoms with Crippen LogP contribution in [0.4, 0.5) is 20.2 Å². The molecule has 5 nitrogen and oxygen atoms in total. The summed E-state index contributed by atoms with van der Waals surface area (Å²) in [7, 11) is 1.72. The van der Waals surface area contributed by atoms with Gasteiger partial charge >= 0.3 is 0 Å². The van der Waals surface area contributed by atoms with Gasteiger partial charge in [-0.15, -0.1) is 0 Å². The highest BCUT2D eigenvalue weighted by Crippen LogP contribution is 2.37. The molecular weight excluding hydrogens is 364 g/mol. The summed E-state index contributed by atoms with van der Waals surface area (Å²) in [5.41, 5.74) is 2.28. The van der Waals surface area contributed by atoms with Gasteiger partial charge in [0.1, 0.15) is 17.3 Å². The number of carbonyl (C=O) groups excluding carboxylic acids is 2. The molecule has 0 bridgehead atoms. The predicted octanol–water partition coefficient (Wildman–Crippen LogP) is 4.14. The number of nitrogens with one attached hydrogen (secondary N) is 1. The molecule has 0 spiro atoms. The van der Waals surface area contributed by atoms with E-state index in [0.717, 1.165) is 34.7 Å². The highest BCUT2D eigenvalue weighted by molar-refractivity contribution is 6.17. The van der Waals surface area contributed by atoms with E-state index in [2.05, 4.69) is 5.32 Å². The molecule has 4 rings (SSSR count). The second-order valence-electron chi connectivity index (χ2n) is 7.00. The van der Waals surface area contributed by atoms with Gasteiger partial charge in [-0.3, -0.25) is 9.59 Å². The maximum Gasteiger partial charge on any atom is 0.274 e. The second-order valence-corrected chi connectivity index (χ2v) is 7.00. The molecule has 0 unspecified atom stereocenters. The maximum absolute atomic E-state index is 14.0. The second kappa shape index (κ2) is 6.74. The third kappa shape index (κ3) is 2.93. The fraction of sp³-hybridized carbons (Fsp3) is 0.238. The lowest BCUT2D eigenvalue weighted by Gasteiger charge is -2.18. The molecule has 0 aliphatic carbocycles. The van der Waals surface area contributed by atoms with Crippen molar-refractivity contribution >= 4 is 34.1 Å². The number of rotatable bonds is 3. The molecule has 1 saturated heterocycles. The van der Waals surface area contributed by atoms with Crippen LogP contribution in [-0.4, -0.2) is 22.9 Å². The van der Waals surface area contributed by atoms with Crippen molar-refractivity contribution in [1.29, 1.82) is 0 Å². The fourth-order valence-electron chi connectivity index (χ4n) is 3.73. The number of anilines is 2. The summed E-state index contributed by atoms with van der Waals surface area (Å²) in [5, 5.41) is 3.23. The molecule has 2 aromatic carbocycles. The number of fused-ring (bicyclic) bond motifs is 1. The van der Waals surface area contributed by atoms with Crippen LogP contribution in [0.25, 0.3) is 10.9 Å². The number of benzene rings is 2. The van der Waals surface area contributed by atoms with Crippen molar-refractivity contribution in [1.82, 2.24) is 4.57 Å². The Morgan fingerprint density at radius 1 is 1.14 bits per heavy atom. The van der Waals surface area contributed by atoms with Gasteiger partial charge in [0.2, 0.25) is 5.91 Å². The molecule has 1 N–H and O–H groups in total. The van der Waals surface area contributed by atoms with Gasteiger partial charge in [-0.05, 0) is 37.6 Å². The summed E-state index contributed by atoms with van der Waals surface area (Å²) in [6, 6.07) is 8.61. The largest absolute Gasteiger partial charge is 0.338 e. The van der Waals surface area contributed by atoms with E-state index >= 15 is 0 Å². The Balaban J connectivity index is 1.88. The third-order valence-electron chi connectivity index (χ3n) is 5.06. The number of aromatic nitrogens is 1. The first-order chi connectivity index (χ1) is 13.4. The van der Waals surface area contributed by atoms with Crippen LogP contribution in [0.5, 0.6) is 0 Å². The van der Waals surface area contributed by atoms with Crippen LogP contribution in [0, 0.1) is 18.6 Å². The number of halogens is 2. The van der Waals surface area contributed by atoms with Crippen LogP contribution in [0.1, 0.15) is 28.9 Å². The Labute approximate surface area is 160 Å². The first kappa shape index (κ1) is 18.2. The molecule has 0 radical (unpaired) electrons. The molecule has 28 heavy (non-hydrogen) atoms. The van der Waals surface area contributed by atoms with Crippen molar-refractivity contribution in [3.63, 3.8) is 0 Å². The molecule has 1 aliphatic rings. The normalized spacial score (nSPS) is 14.1. The molecule has 1 aliphatic heterocycles. The molecule has 0 saturated carbocycles. The minimum absolute atomic E-state index is 0.0556. The van der Waals surface area contributed by atoms with Gasteiger partial charge < -0.3 is 14.8 Å². The van der Waals surface area contributed by atoms with E-state index in [0.29, 0.717) is 25.1 Å². The quantitative estimate of drug-likeness (QED) is 0.739. The Hall–Kier alpha value is -3.22. The Kier molecular flexibility index (Phi) is 4.37. The van der Waals surface area contributed by atoms with Gasteiger partial charge in [0, 0.05) is 31.5 Å². The zero-order valence-corrected chi connectivity index (χ0v) is 15.6. The van der Waals surface area contributed by atoms with Crippen molar-refractivity contribution in [2.24, 2.45) is 7.05 Å². The minimum atomic E-state index is -0.733. The molecule has 1 aromatic heterocycles. The van der Waals surface area contributed by atoms with Gasteiger partial charge in [0.15, 0.2) is 0 Å². The summed E-state index contributed by atoms with van der Waals surface area (Å²) < 4.78 is 29.2. The van der Waals surface area contributed by atoms with Crippen LogP contribution in [-0.2, 0) is 11.8 Å². The van der Waals surface area contributed by atoms with E-state index in [-0.39, 0.29) is 17.3 Å². The average molecular weight is 383 g/mol. The zero-order chi connectivity index (χ0) is 20.0. The summed E-state index contributed by atoms with van der Waals surface area (Å²) in [6.45, 7) is 2.45. The number of amides is 2. The molecule has 2 amide bonds. The Morgan fingerprint density at radius 3 is 2.64 bits per heavy atom. The molecular formula is C21H19F2N3O2. The lowest BCUT2D eigenvalue weighted by molar-refractivity contribution is -0.117. The standard InChI is InChI=1S/C21H19F2N3O2/c1-12-5-8-17-14(10-12)19(26-9-3-4-18(26)27)20(25(17)2)21(28)24-16-11-13(22)6-7-15(16)23/h5-8,10-11H,3-4,9H2,1-2H3,(H,24,28). The number of nitrogens with zero attached hydrogens (tertiary/aromatic N) is 2. The van der Waals surface area contributed by atoms with E-state index in [1.807, 2.05) is 25.1 Å². The molecule has 3 aromatic rings. The minimum Gasteiger partial charge on any atom is -0.338 e. The van der Waals surface area contributed by atoms with Crippen molar-refractivity contribution in [3.8, 4) is 0 Å².